The topological polar surface area (TPSA) is 65.3 Å². The van der Waals surface area contributed by atoms with Crippen LogP contribution in [-0.2, 0) is 0 Å². The first-order valence-corrected chi connectivity index (χ1v) is 10.7. The van der Waals surface area contributed by atoms with Crippen LogP contribution in [0.25, 0.3) is 16.8 Å². The first kappa shape index (κ1) is 20.9. The lowest BCUT2D eigenvalue weighted by molar-refractivity contribution is 0.299. The highest BCUT2D eigenvalue weighted by molar-refractivity contribution is 5.78. The summed E-state index contributed by atoms with van der Waals surface area (Å²) in [6.45, 7) is 5.19. The number of hydrogen-bond donors (Lipinski definition) is 0. The molecule has 33 heavy (non-hydrogen) atoms. The van der Waals surface area contributed by atoms with E-state index in [0.717, 1.165) is 28.1 Å². The molecule has 5 rings (SSSR count). The van der Waals surface area contributed by atoms with E-state index in [-0.39, 0.29) is 11.9 Å². The van der Waals surface area contributed by atoms with Gasteiger partial charge in [0.2, 0.25) is 0 Å². The smallest absolute Gasteiger partial charge is 0.195 e. The molecule has 1 atom stereocenters. The number of methoxy groups -OCH3 is 1. The summed E-state index contributed by atoms with van der Waals surface area (Å²) in [6, 6.07) is 12.5. The Balaban J connectivity index is 1.53. The minimum absolute atomic E-state index is 0.0146. The van der Waals surface area contributed by atoms with Gasteiger partial charge in [-0.2, -0.15) is 5.10 Å². The number of imidazole rings is 1. The molecule has 2 aromatic heterocycles. The second-order valence-electron chi connectivity index (χ2n) is 7.99. The summed E-state index contributed by atoms with van der Waals surface area (Å²) < 4.78 is 27.1. The Morgan fingerprint density at radius 3 is 2.70 bits per heavy atom. The van der Waals surface area contributed by atoms with Gasteiger partial charge in [0, 0.05) is 11.8 Å². The van der Waals surface area contributed by atoms with Gasteiger partial charge in [-0.25, -0.2) is 9.37 Å². The summed E-state index contributed by atoms with van der Waals surface area (Å²) >= 11 is 0. The van der Waals surface area contributed by atoms with Crippen molar-refractivity contribution in [1.29, 1.82) is 0 Å². The predicted octanol–water partition coefficient (Wildman–Crippen LogP) is 4.75. The molecule has 7 nitrogen and oxygen atoms in total. The van der Waals surface area contributed by atoms with Gasteiger partial charge in [0.15, 0.2) is 11.6 Å². The third kappa shape index (κ3) is 3.88. The third-order valence-corrected chi connectivity index (χ3v) is 5.94. The monoisotopic (exact) mass is 445 g/mol. The average molecular weight is 445 g/mol. The molecular formula is C25H24FN5O2. The quantitative estimate of drug-likeness (QED) is 0.442. The zero-order valence-corrected chi connectivity index (χ0v) is 18.7. The number of aryl methyl sites for hydroxylation is 1. The van der Waals surface area contributed by atoms with Crippen LogP contribution in [0.15, 0.2) is 61.2 Å². The number of benzene rings is 2. The summed E-state index contributed by atoms with van der Waals surface area (Å²) in [6.07, 6.45) is 5.42. The van der Waals surface area contributed by atoms with E-state index in [2.05, 4.69) is 27.0 Å². The molecule has 8 heteroatoms. The number of fused-ring (bicyclic) bond motifs is 1. The largest absolute Gasteiger partial charge is 0.495 e. The molecule has 4 aromatic rings. The number of rotatable bonds is 5. The number of halogens is 1. The minimum Gasteiger partial charge on any atom is -0.495 e. The molecule has 1 aliphatic rings. The molecule has 1 unspecified atom stereocenters. The molecule has 0 saturated heterocycles. The Kier molecular flexibility index (Phi) is 5.42. The van der Waals surface area contributed by atoms with Crippen LogP contribution in [0, 0.1) is 12.7 Å². The fourth-order valence-corrected chi connectivity index (χ4v) is 4.16. The summed E-state index contributed by atoms with van der Waals surface area (Å²) in [7, 11) is 1.65. The van der Waals surface area contributed by atoms with E-state index in [9.17, 15) is 4.39 Å². The van der Waals surface area contributed by atoms with E-state index in [4.69, 9.17) is 9.47 Å². The van der Waals surface area contributed by atoms with Gasteiger partial charge in [0.1, 0.15) is 18.2 Å². The van der Waals surface area contributed by atoms with Gasteiger partial charge < -0.3 is 18.9 Å². The van der Waals surface area contributed by atoms with Crippen molar-refractivity contribution >= 4 is 5.82 Å². The fourth-order valence-electron chi connectivity index (χ4n) is 4.16. The third-order valence-electron chi connectivity index (χ3n) is 5.94. The molecule has 0 radical (unpaired) electrons. The van der Waals surface area contributed by atoms with Crippen LogP contribution in [0.2, 0.25) is 0 Å². The molecule has 0 spiro atoms. The SMILES string of the molecule is COc1cc(-c2cnnc3c2OCCN3C(C)c2ccc(F)cc2)ccc1-n1cnc(C)c1. The van der Waals surface area contributed by atoms with Crippen molar-refractivity contribution < 1.29 is 13.9 Å². The number of anilines is 1. The predicted molar refractivity (Wildman–Crippen MR) is 124 cm³/mol. The number of aromatic nitrogens is 4. The average Bonchev–Trinajstić information content (AvgIpc) is 3.29. The van der Waals surface area contributed by atoms with Gasteiger partial charge in [-0.1, -0.05) is 18.2 Å². The van der Waals surface area contributed by atoms with Gasteiger partial charge in [0.05, 0.1) is 43.6 Å². The van der Waals surface area contributed by atoms with Crippen LogP contribution in [0.1, 0.15) is 24.2 Å². The highest BCUT2D eigenvalue weighted by Gasteiger charge is 2.28. The van der Waals surface area contributed by atoms with Crippen molar-refractivity contribution in [1.82, 2.24) is 19.7 Å². The highest BCUT2D eigenvalue weighted by Crippen LogP contribution is 2.42. The Bertz CT molecular complexity index is 1290. The van der Waals surface area contributed by atoms with E-state index in [1.807, 2.05) is 35.9 Å². The highest BCUT2D eigenvalue weighted by atomic mass is 19.1. The van der Waals surface area contributed by atoms with Crippen molar-refractivity contribution in [2.45, 2.75) is 19.9 Å². The molecule has 0 amide bonds. The molecule has 2 aromatic carbocycles. The van der Waals surface area contributed by atoms with Crippen molar-refractivity contribution in [3.63, 3.8) is 0 Å². The summed E-state index contributed by atoms with van der Waals surface area (Å²) in [5, 5.41) is 8.66. The van der Waals surface area contributed by atoms with E-state index >= 15 is 0 Å². The second-order valence-corrected chi connectivity index (χ2v) is 7.99. The standard InChI is InChI=1S/C25H24FN5O2/c1-16-14-30(15-27-16)22-9-6-19(12-23(22)32-3)21-13-28-29-25-24(21)33-11-10-31(25)17(2)18-4-7-20(26)8-5-18/h4-9,12-15,17H,10-11H2,1-3H3. The molecule has 168 valence electrons. The van der Waals surface area contributed by atoms with Gasteiger partial charge in [-0.3, -0.25) is 0 Å². The van der Waals surface area contributed by atoms with Gasteiger partial charge in [-0.15, -0.1) is 5.10 Å². The van der Waals surface area contributed by atoms with Crippen LogP contribution >= 0.6 is 0 Å². The van der Waals surface area contributed by atoms with Crippen LogP contribution in [-0.4, -0.2) is 40.0 Å². The lowest BCUT2D eigenvalue weighted by Crippen LogP contribution is -2.36. The maximum atomic E-state index is 13.4. The van der Waals surface area contributed by atoms with Crippen molar-refractivity contribution in [2.75, 3.05) is 25.2 Å². The Morgan fingerprint density at radius 1 is 1.15 bits per heavy atom. The summed E-state index contributed by atoms with van der Waals surface area (Å²) in [5.74, 6) is 1.81. The molecule has 0 bridgehead atoms. The molecule has 0 saturated carbocycles. The number of ether oxygens (including phenoxy) is 2. The normalized spacial score (nSPS) is 13.9. The first-order valence-electron chi connectivity index (χ1n) is 10.7. The van der Waals surface area contributed by atoms with E-state index in [1.54, 1.807) is 31.8 Å². The zero-order chi connectivity index (χ0) is 22.9. The molecule has 1 aliphatic heterocycles. The lowest BCUT2D eigenvalue weighted by atomic mass is 10.0. The Labute approximate surface area is 191 Å². The van der Waals surface area contributed by atoms with Gasteiger partial charge >= 0.3 is 0 Å². The van der Waals surface area contributed by atoms with Crippen molar-refractivity contribution in [3.8, 4) is 28.3 Å². The van der Waals surface area contributed by atoms with Crippen molar-refractivity contribution in [3.05, 3.63) is 78.3 Å². The van der Waals surface area contributed by atoms with Crippen LogP contribution in [0.3, 0.4) is 0 Å². The maximum Gasteiger partial charge on any atom is 0.195 e. The van der Waals surface area contributed by atoms with Crippen LogP contribution in [0.5, 0.6) is 11.5 Å². The fraction of sp³-hybridized carbons (Fsp3) is 0.240. The lowest BCUT2D eigenvalue weighted by Gasteiger charge is -2.35. The van der Waals surface area contributed by atoms with Crippen molar-refractivity contribution in [2.24, 2.45) is 0 Å². The number of nitrogens with zero attached hydrogens (tertiary/aromatic N) is 5. The number of hydrogen-bond acceptors (Lipinski definition) is 6. The Hall–Kier alpha value is -3.94. The second kappa shape index (κ2) is 8.54. The van der Waals surface area contributed by atoms with E-state index in [1.165, 1.54) is 12.1 Å². The maximum absolute atomic E-state index is 13.4. The summed E-state index contributed by atoms with van der Waals surface area (Å²) in [4.78, 5) is 6.45. The molecule has 3 heterocycles. The van der Waals surface area contributed by atoms with E-state index in [0.29, 0.717) is 30.5 Å². The Morgan fingerprint density at radius 2 is 1.97 bits per heavy atom. The zero-order valence-electron chi connectivity index (χ0n) is 18.7. The van der Waals surface area contributed by atoms with Gasteiger partial charge in [-0.05, 0) is 49.2 Å². The molecule has 0 N–H and O–H groups in total. The first-order chi connectivity index (χ1) is 16.0. The molecule has 0 fully saturated rings. The van der Waals surface area contributed by atoms with E-state index < -0.39 is 0 Å². The van der Waals surface area contributed by atoms with Crippen LogP contribution in [0.4, 0.5) is 10.2 Å². The minimum atomic E-state index is -0.251. The molecular weight excluding hydrogens is 421 g/mol. The summed E-state index contributed by atoms with van der Waals surface area (Å²) in [5.41, 5.74) is 4.57. The molecule has 0 aliphatic carbocycles. The van der Waals surface area contributed by atoms with Gasteiger partial charge in [0.25, 0.3) is 0 Å². The van der Waals surface area contributed by atoms with Crippen LogP contribution < -0.4 is 14.4 Å².